The third-order valence-corrected chi connectivity index (χ3v) is 8.34. The summed E-state index contributed by atoms with van der Waals surface area (Å²) in [6, 6.07) is 1.09. The number of amides is 3. The number of carbonyl (C=O) groups excluding carboxylic acids is 2. The second-order valence-electron chi connectivity index (χ2n) is 9.40. The van der Waals surface area contributed by atoms with Crippen molar-refractivity contribution in [2.24, 2.45) is 0 Å². The molecule has 3 atom stereocenters. The Hall–Kier alpha value is -2.76. The van der Waals surface area contributed by atoms with Gasteiger partial charge in [-0.3, -0.25) is 4.79 Å². The maximum Gasteiger partial charge on any atom is 0.416 e. The summed E-state index contributed by atoms with van der Waals surface area (Å²) in [6.45, 7) is 3.92. The van der Waals surface area contributed by atoms with E-state index in [9.17, 15) is 35.9 Å². The van der Waals surface area contributed by atoms with Crippen LogP contribution in [-0.2, 0) is 23.6 Å². The van der Waals surface area contributed by atoms with Gasteiger partial charge in [0.15, 0.2) is 0 Å². The molecule has 4 rings (SSSR count). The standard InChI is InChI=1S/C25H27F6N3O2S/c1-4-15-7-10-37-22(15)21-19-5-6-20(35)33(19)8-9-34(21)23(36)32(3)14(2)16-11-17(24(26,27)28)13-18(12-16)25(29,30)31/h7,10-14,19,21H,4-6,8-9H2,1-3H3/t14-,19+,21-/m1/s1. The molecule has 2 aliphatic heterocycles. The monoisotopic (exact) mass is 547 g/mol. The van der Waals surface area contributed by atoms with Crippen molar-refractivity contribution in [1.29, 1.82) is 0 Å². The van der Waals surface area contributed by atoms with E-state index in [0.29, 0.717) is 37.9 Å². The van der Waals surface area contributed by atoms with Crippen LogP contribution in [-0.4, -0.2) is 52.8 Å². The number of urea groups is 1. The average Bonchev–Trinajstić information content (AvgIpc) is 3.47. The summed E-state index contributed by atoms with van der Waals surface area (Å²) in [5.41, 5.74) is -2.08. The molecular weight excluding hydrogens is 520 g/mol. The van der Waals surface area contributed by atoms with Crippen LogP contribution >= 0.6 is 11.3 Å². The number of alkyl halides is 6. The van der Waals surface area contributed by atoms with Crippen LogP contribution in [0.4, 0.5) is 31.1 Å². The molecule has 2 saturated heterocycles. The number of thiophene rings is 1. The Bertz CT molecular complexity index is 1150. The number of nitrogens with zero attached hydrogens (tertiary/aromatic N) is 3. The van der Waals surface area contributed by atoms with Crippen molar-refractivity contribution in [3.8, 4) is 0 Å². The minimum atomic E-state index is -4.98. The second-order valence-corrected chi connectivity index (χ2v) is 10.4. The molecule has 2 aromatic rings. The number of hydrogen-bond donors (Lipinski definition) is 0. The summed E-state index contributed by atoms with van der Waals surface area (Å²) in [6.07, 6.45) is -8.31. The fourth-order valence-electron chi connectivity index (χ4n) is 5.18. The number of fused-ring (bicyclic) bond motifs is 1. The molecule has 0 N–H and O–H groups in total. The third kappa shape index (κ3) is 5.17. The van der Waals surface area contributed by atoms with Crippen molar-refractivity contribution in [1.82, 2.24) is 14.7 Å². The van der Waals surface area contributed by atoms with Crippen LogP contribution in [0.5, 0.6) is 0 Å². The predicted molar refractivity (Wildman–Crippen MR) is 126 cm³/mol. The molecule has 37 heavy (non-hydrogen) atoms. The van der Waals surface area contributed by atoms with Crippen LogP contribution in [0.1, 0.15) is 65.9 Å². The highest BCUT2D eigenvalue weighted by Crippen LogP contribution is 2.43. The highest BCUT2D eigenvalue weighted by atomic mass is 32.1. The van der Waals surface area contributed by atoms with Crippen LogP contribution in [0.2, 0.25) is 0 Å². The Labute approximate surface area is 214 Å². The maximum absolute atomic E-state index is 13.8. The molecule has 0 saturated carbocycles. The van der Waals surface area contributed by atoms with E-state index in [-0.39, 0.29) is 30.1 Å². The summed E-state index contributed by atoms with van der Waals surface area (Å²) < 4.78 is 80.4. The maximum atomic E-state index is 13.8. The quantitative estimate of drug-likeness (QED) is 0.410. The zero-order valence-corrected chi connectivity index (χ0v) is 21.3. The van der Waals surface area contributed by atoms with Crippen molar-refractivity contribution in [3.05, 3.63) is 56.8 Å². The Balaban J connectivity index is 1.69. The largest absolute Gasteiger partial charge is 0.416 e. The Morgan fingerprint density at radius 3 is 2.30 bits per heavy atom. The van der Waals surface area contributed by atoms with Crippen molar-refractivity contribution in [2.45, 2.75) is 63.6 Å². The molecule has 5 nitrogen and oxygen atoms in total. The highest BCUT2D eigenvalue weighted by molar-refractivity contribution is 7.10. The van der Waals surface area contributed by atoms with Crippen LogP contribution in [0.25, 0.3) is 0 Å². The predicted octanol–water partition coefficient (Wildman–Crippen LogP) is 6.51. The number of hydrogen-bond acceptors (Lipinski definition) is 3. The number of benzene rings is 1. The molecule has 1 aromatic carbocycles. The van der Waals surface area contributed by atoms with Crippen molar-refractivity contribution in [2.75, 3.05) is 20.1 Å². The molecule has 202 valence electrons. The number of halogens is 6. The van der Waals surface area contributed by atoms with E-state index in [1.807, 2.05) is 18.4 Å². The fourth-order valence-corrected chi connectivity index (χ4v) is 6.35. The van der Waals surface area contributed by atoms with E-state index >= 15 is 0 Å². The first-order valence-corrected chi connectivity index (χ1v) is 12.8. The summed E-state index contributed by atoms with van der Waals surface area (Å²) in [7, 11) is 1.37. The van der Waals surface area contributed by atoms with Crippen molar-refractivity contribution in [3.63, 3.8) is 0 Å². The first kappa shape index (κ1) is 27.3. The molecule has 2 aliphatic rings. The van der Waals surface area contributed by atoms with Crippen LogP contribution < -0.4 is 0 Å². The van der Waals surface area contributed by atoms with E-state index in [0.717, 1.165) is 10.4 Å². The zero-order valence-electron chi connectivity index (χ0n) is 20.5. The Morgan fingerprint density at radius 2 is 1.73 bits per heavy atom. The highest BCUT2D eigenvalue weighted by Gasteiger charge is 2.47. The van der Waals surface area contributed by atoms with E-state index < -0.39 is 41.6 Å². The van der Waals surface area contributed by atoms with Gasteiger partial charge < -0.3 is 14.7 Å². The van der Waals surface area contributed by atoms with Crippen molar-refractivity contribution >= 4 is 23.3 Å². The van der Waals surface area contributed by atoms with Gasteiger partial charge in [0, 0.05) is 31.4 Å². The molecule has 3 amide bonds. The van der Waals surface area contributed by atoms with E-state index in [4.69, 9.17) is 0 Å². The molecule has 0 aliphatic carbocycles. The first-order chi connectivity index (χ1) is 17.2. The molecule has 0 bridgehead atoms. The lowest BCUT2D eigenvalue weighted by atomic mass is 9.96. The van der Waals surface area contributed by atoms with Gasteiger partial charge in [0.05, 0.1) is 29.3 Å². The Morgan fingerprint density at radius 1 is 1.11 bits per heavy atom. The summed E-state index contributed by atoms with van der Waals surface area (Å²) in [5.74, 6) is 0.0158. The molecule has 1 aromatic heterocycles. The second kappa shape index (κ2) is 9.85. The third-order valence-electron chi connectivity index (χ3n) is 7.31. The number of piperazine rings is 1. The smallest absolute Gasteiger partial charge is 0.335 e. The molecule has 3 heterocycles. The average molecular weight is 548 g/mol. The van der Waals surface area contributed by atoms with Crippen LogP contribution in [0.15, 0.2) is 29.6 Å². The molecule has 0 unspecified atom stereocenters. The molecule has 0 spiro atoms. The van der Waals surface area contributed by atoms with Gasteiger partial charge in [0.1, 0.15) is 0 Å². The van der Waals surface area contributed by atoms with Gasteiger partial charge in [-0.05, 0) is 60.5 Å². The fraction of sp³-hybridized carbons (Fsp3) is 0.520. The Kier molecular flexibility index (Phi) is 7.26. The minimum Gasteiger partial charge on any atom is -0.335 e. The lowest BCUT2D eigenvalue weighted by Crippen LogP contribution is -2.57. The van der Waals surface area contributed by atoms with E-state index in [2.05, 4.69) is 0 Å². The number of aryl methyl sites for hydroxylation is 1. The summed E-state index contributed by atoms with van der Waals surface area (Å²) >= 11 is 1.48. The lowest BCUT2D eigenvalue weighted by Gasteiger charge is -2.46. The minimum absolute atomic E-state index is 0.0158. The normalized spacial score (nSPS) is 21.3. The molecule has 0 radical (unpaired) electrons. The zero-order chi connectivity index (χ0) is 27.3. The molecule has 2 fully saturated rings. The van der Waals surface area contributed by atoms with Crippen LogP contribution in [0.3, 0.4) is 0 Å². The van der Waals surface area contributed by atoms with E-state index in [1.165, 1.54) is 30.2 Å². The van der Waals surface area contributed by atoms with Gasteiger partial charge in [-0.15, -0.1) is 11.3 Å². The SMILES string of the molecule is CCc1ccsc1[C@H]1[C@@H]2CCC(=O)N2CCN1C(=O)N(C)[C@H](C)c1cc(C(F)(F)F)cc(C(F)(F)F)c1. The lowest BCUT2D eigenvalue weighted by molar-refractivity contribution is -0.143. The van der Waals surface area contributed by atoms with Gasteiger partial charge in [0.2, 0.25) is 5.91 Å². The molecular formula is C25H27F6N3O2S. The van der Waals surface area contributed by atoms with Crippen molar-refractivity contribution < 1.29 is 35.9 Å². The summed E-state index contributed by atoms with van der Waals surface area (Å²) in [5, 5.41) is 1.92. The van der Waals surface area contributed by atoms with Gasteiger partial charge in [0.25, 0.3) is 0 Å². The van der Waals surface area contributed by atoms with Gasteiger partial charge in [-0.1, -0.05) is 6.92 Å². The van der Waals surface area contributed by atoms with Gasteiger partial charge in [-0.25, -0.2) is 4.79 Å². The van der Waals surface area contributed by atoms with Gasteiger partial charge in [-0.2, -0.15) is 26.3 Å². The number of rotatable bonds is 4. The van der Waals surface area contributed by atoms with Crippen LogP contribution in [0, 0.1) is 0 Å². The van der Waals surface area contributed by atoms with E-state index in [1.54, 1.807) is 9.80 Å². The molecule has 12 heteroatoms. The van der Waals surface area contributed by atoms with Gasteiger partial charge >= 0.3 is 18.4 Å². The first-order valence-electron chi connectivity index (χ1n) is 11.9. The topological polar surface area (TPSA) is 43.9 Å². The summed E-state index contributed by atoms with van der Waals surface area (Å²) in [4.78, 5) is 31.7. The number of carbonyl (C=O) groups is 2.